The van der Waals surface area contributed by atoms with Gasteiger partial charge in [0.25, 0.3) is 0 Å². The molecule has 4 heteroatoms. The third-order valence-corrected chi connectivity index (χ3v) is 4.72. The topological polar surface area (TPSA) is 18.5 Å². The molecule has 0 radical (unpaired) electrons. The maximum atomic E-state index is 13.7. The van der Waals surface area contributed by atoms with Gasteiger partial charge in [-0.3, -0.25) is 0 Å². The fourth-order valence-corrected chi connectivity index (χ4v) is 2.94. The molecule has 1 aromatic carbocycles. The van der Waals surface area contributed by atoms with E-state index in [1.807, 2.05) is 19.2 Å². The van der Waals surface area contributed by atoms with E-state index >= 15 is 0 Å². The molecule has 2 atom stereocenters. The highest BCUT2D eigenvalue weighted by Gasteiger charge is 2.21. The largest absolute Gasteiger partial charge is 0.313 e. The van der Waals surface area contributed by atoms with E-state index in [-0.39, 0.29) is 11.9 Å². The smallest absolute Gasteiger partial charge is 0.126 e. The average molecular weight is 293 g/mol. The van der Waals surface area contributed by atoms with E-state index in [2.05, 4.69) is 29.1 Å². The molecule has 2 unspecified atom stereocenters. The van der Waals surface area contributed by atoms with Crippen LogP contribution in [0.2, 0.25) is 0 Å². The molecule has 0 spiro atoms. The molecular formula is C17H28FN3. The van der Waals surface area contributed by atoms with Crippen LogP contribution >= 0.6 is 0 Å². The van der Waals surface area contributed by atoms with Gasteiger partial charge in [-0.05, 0) is 51.6 Å². The van der Waals surface area contributed by atoms with Gasteiger partial charge in [0.15, 0.2) is 0 Å². The molecule has 2 rings (SSSR count). The number of nitrogens with zero attached hydrogens (tertiary/aromatic N) is 2. The third-order valence-electron chi connectivity index (χ3n) is 4.72. The molecule has 0 aromatic heterocycles. The number of nitrogens with one attached hydrogen (secondary N) is 1. The Morgan fingerprint density at radius 2 is 2.14 bits per heavy atom. The minimum Gasteiger partial charge on any atom is -0.313 e. The van der Waals surface area contributed by atoms with Crippen molar-refractivity contribution < 1.29 is 4.39 Å². The van der Waals surface area contributed by atoms with Gasteiger partial charge in [0.05, 0.1) is 0 Å². The fourth-order valence-electron chi connectivity index (χ4n) is 2.94. The predicted molar refractivity (Wildman–Crippen MR) is 86.1 cm³/mol. The molecule has 1 aromatic rings. The minimum atomic E-state index is -0.110. The Morgan fingerprint density at radius 3 is 2.76 bits per heavy atom. The van der Waals surface area contributed by atoms with E-state index < -0.39 is 0 Å². The van der Waals surface area contributed by atoms with Gasteiger partial charge in [0, 0.05) is 38.3 Å². The second kappa shape index (κ2) is 7.34. The summed E-state index contributed by atoms with van der Waals surface area (Å²) in [4.78, 5) is 4.92. The first-order valence-electron chi connectivity index (χ1n) is 7.87. The standard InChI is InChI=1S/C17H28FN3/c1-13-5-6-15(11-16(13)18)17(19-3)7-8-21-10-9-20(4)14(2)12-21/h5-6,11,14,17,19H,7-10,12H2,1-4H3. The van der Waals surface area contributed by atoms with Crippen molar-refractivity contribution in [3.8, 4) is 0 Å². The van der Waals surface area contributed by atoms with Crippen molar-refractivity contribution >= 4 is 0 Å². The van der Waals surface area contributed by atoms with E-state index in [4.69, 9.17) is 0 Å². The lowest BCUT2D eigenvalue weighted by molar-refractivity contribution is 0.102. The van der Waals surface area contributed by atoms with Crippen LogP contribution < -0.4 is 5.32 Å². The van der Waals surface area contributed by atoms with Crippen molar-refractivity contribution in [2.45, 2.75) is 32.4 Å². The van der Waals surface area contributed by atoms with E-state index in [0.717, 1.165) is 38.2 Å². The maximum absolute atomic E-state index is 13.7. The Kier molecular flexibility index (Phi) is 5.73. The van der Waals surface area contributed by atoms with E-state index in [1.165, 1.54) is 0 Å². The lowest BCUT2D eigenvalue weighted by atomic mass is 10.0. The zero-order valence-electron chi connectivity index (χ0n) is 13.7. The Morgan fingerprint density at radius 1 is 1.38 bits per heavy atom. The van der Waals surface area contributed by atoms with Crippen LogP contribution in [-0.2, 0) is 0 Å². The van der Waals surface area contributed by atoms with Crippen LogP contribution in [0, 0.1) is 12.7 Å². The van der Waals surface area contributed by atoms with Crippen molar-refractivity contribution in [2.24, 2.45) is 0 Å². The van der Waals surface area contributed by atoms with Crippen LogP contribution in [0.25, 0.3) is 0 Å². The van der Waals surface area contributed by atoms with Crippen molar-refractivity contribution in [3.63, 3.8) is 0 Å². The van der Waals surface area contributed by atoms with Crippen LogP contribution in [0.3, 0.4) is 0 Å². The molecule has 1 aliphatic heterocycles. The number of hydrogen-bond acceptors (Lipinski definition) is 3. The molecule has 0 bridgehead atoms. The second-order valence-electron chi connectivity index (χ2n) is 6.27. The molecule has 1 fully saturated rings. The van der Waals surface area contributed by atoms with Gasteiger partial charge in [-0.1, -0.05) is 12.1 Å². The molecule has 1 heterocycles. The summed E-state index contributed by atoms with van der Waals surface area (Å²) in [5.41, 5.74) is 1.75. The van der Waals surface area contributed by atoms with E-state index in [9.17, 15) is 4.39 Å². The minimum absolute atomic E-state index is 0.110. The number of likely N-dealkylation sites (N-methyl/N-ethyl adjacent to an activating group) is 1. The van der Waals surface area contributed by atoms with Crippen molar-refractivity contribution in [3.05, 3.63) is 35.1 Å². The second-order valence-corrected chi connectivity index (χ2v) is 6.27. The lowest BCUT2D eigenvalue weighted by Crippen LogP contribution is -2.50. The van der Waals surface area contributed by atoms with Gasteiger partial charge in [-0.25, -0.2) is 4.39 Å². The Hall–Kier alpha value is -0.970. The zero-order valence-corrected chi connectivity index (χ0v) is 13.7. The number of piperazine rings is 1. The summed E-state index contributed by atoms with van der Waals surface area (Å²) in [6.45, 7) is 8.51. The van der Waals surface area contributed by atoms with E-state index in [0.29, 0.717) is 11.6 Å². The van der Waals surface area contributed by atoms with Gasteiger partial charge in [-0.15, -0.1) is 0 Å². The van der Waals surface area contributed by atoms with Gasteiger partial charge in [0.1, 0.15) is 5.82 Å². The van der Waals surface area contributed by atoms with Crippen LogP contribution in [-0.4, -0.2) is 56.1 Å². The number of rotatable bonds is 5. The summed E-state index contributed by atoms with van der Waals surface area (Å²) in [6, 6.07) is 6.40. The fraction of sp³-hybridized carbons (Fsp3) is 0.647. The average Bonchev–Trinajstić information content (AvgIpc) is 2.47. The number of aryl methyl sites for hydroxylation is 1. The number of halogens is 1. The van der Waals surface area contributed by atoms with Crippen LogP contribution in [0.4, 0.5) is 4.39 Å². The zero-order chi connectivity index (χ0) is 15.4. The highest BCUT2D eigenvalue weighted by Crippen LogP contribution is 2.20. The van der Waals surface area contributed by atoms with Gasteiger partial charge >= 0.3 is 0 Å². The Labute approximate surface area is 128 Å². The monoisotopic (exact) mass is 293 g/mol. The van der Waals surface area contributed by atoms with Gasteiger partial charge < -0.3 is 15.1 Å². The molecule has 0 aliphatic carbocycles. The third kappa shape index (κ3) is 4.25. The summed E-state index contributed by atoms with van der Waals surface area (Å²) >= 11 is 0. The molecule has 118 valence electrons. The Bertz CT molecular complexity index is 463. The maximum Gasteiger partial charge on any atom is 0.126 e. The summed E-state index contributed by atoms with van der Waals surface area (Å²) in [5, 5.41) is 3.32. The first-order chi connectivity index (χ1) is 10.0. The summed E-state index contributed by atoms with van der Waals surface area (Å²) in [5.74, 6) is -0.110. The summed E-state index contributed by atoms with van der Waals surface area (Å²) in [7, 11) is 4.14. The molecule has 21 heavy (non-hydrogen) atoms. The van der Waals surface area contributed by atoms with Crippen molar-refractivity contribution in [1.82, 2.24) is 15.1 Å². The molecule has 0 saturated carbocycles. The summed E-state index contributed by atoms with van der Waals surface area (Å²) in [6.07, 6.45) is 1.01. The first kappa shape index (κ1) is 16.4. The molecule has 0 amide bonds. The lowest BCUT2D eigenvalue weighted by Gasteiger charge is -2.38. The summed E-state index contributed by atoms with van der Waals surface area (Å²) < 4.78 is 13.7. The molecule has 1 aliphatic rings. The number of benzene rings is 1. The van der Waals surface area contributed by atoms with Crippen LogP contribution in [0.15, 0.2) is 18.2 Å². The van der Waals surface area contributed by atoms with Crippen LogP contribution in [0.1, 0.15) is 30.5 Å². The van der Waals surface area contributed by atoms with Gasteiger partial charge in [-0.2, -0.15) is 0 Å². The van der Waals surface area contributed by atoms with Gasteiger partial charge in [0.2, 0.25) is 0 Å². The van der Waals surface area contributed by atoms with E-state index in [1.54, 1.807) is 13.0 Å². The molecule has 1 N–H and O–H groups in total. The SMILES string of the molecule is CNC(CCN1CCN(C)C(C)C1)c1ccc(C)c(F)c1. The molecule has 3 nitrogen and oxygen atoms in total. The quantitative estimate of drug-likeness (QED) is 0.899. The first-order valence-corrected chi connectivity index (χ1v) is 7.87. The van der Waals surface area contributed by atoms with Crippen molar-refractivity contribution in [1.29, 1.82) is 0 Å². The van der Waals surface area contributed by atoms with Crippen molar-refractivity contribution in [2.75, 3.05) is 40.3 Å². The predicted octanol–water partition coefficient (Wildman–Crippen LogP) is 2.42. The van der Waals surface area contributed by atoms with Crippen LogP contribution in [0.5, 0.6) is 0 Å². The highest BCUT2D eigenvalue weighted by atomic mass is 19.1. The number of hydrogen-bond donors (Lipinski definition) is 1. The normalized spacial score (nSPS) is 22.4. The Balaban J connectivity index is 1.92. The molecule has 1 saturated heterocycles. The highest BCUT2D eigenvalue weighted by molar-refractivity contribution is 5.25. The molecular weight excluding hydrogens is 265 g/mol.